The number of amides is 3. The lowest BCUT2D eigenvalue weighted by atomic mass is 10.0. The van der Waals surface area contributed by atoms with Gasteiger partial charge in [-0.25, -0.2) is 0 Å². The van der Waals surface area contributed by atoms with Gasteiger partial charge in [0, 0.05) is 6.54 Å². The molecule has 11 N–H and O–H groups in total. The summed E-state index contributed by atoms with van der Waals surface area (Å²) in [6.45, 7) is 4.58. The molecule has 0 aliphatic heterocycles. The summed E-state index contributed by atoms with van der Waals surface area (Å²) in [6.07, 6.45) is -0.451. The Morgan fingerprint density at radius 3 is 2.10 bits per heavy atom. The summed E-state index contributed by atoms with van der Waals surface area (Å²) in [5.74, 6) is -3.41. The summed E-state index contributed by atoms with van der Waals surface area (Å²) in [5.41, 5.74) is 16.4. The molecule has 4 unspecified atom stereocenters. The minimum atomic E-state index is -1.42. The van der Waals surface area contributed by atoms with Crippen LogP contribution in [0.3, 0.4) is 0 Å². The second-order valence-electron chi connectivity index (χ2n) is 7.58. The van der Waals surface area contributed by atoms with Crippen LogP contribution >= 0.6 is 0 Å². The third kappa shape index (κ3) is 12.4. The third-order valence-corrected chi connectivity index (χ3v) is 4.12. The number of aliphatic carboxylic acids is 1. The minimum Gasteiger partial charge on any atom is -0.480 e. The number of hydrogen-bond acceptors (Lipinski definition) is 7. The maximum Gasteiger partial charge on any atom is 0.322 e. The number of carbonyl (C=O) groups excluding carboxylic acids is 3. The number of hydrogen-bond donors (Lipinski definition) is 8. The van der Waals surface area contributed by atoms with Gasteiger partial charge in [0.2, 0.25) is 17.7 Å². The molecule has 0 aromatic rings. The lowest BCUT2D eigenvalue weighted by Crippen LogP contribution is -2.58. The second-order valence-corrected chi connectivity index (χ2v) is 7.58. The standard InChI is InChI=1S/C18H35N7O6/c1-9(2)7-11(19)15(29)24-12(5-4-6-22-18(20)21)16(30)25-14(10(3)26)17(31)23-8-13(27)28/h9-12,14,26H,4-8,19H2,1-3H3,(H,23,31)(H,24,29)(H,25,30)(H,27,28)(H4,20,21,22). The molecule has 3 amide bonds. The van der Waals surface area contributed by atoms with E-state index in [0.29, 0.717) is 12.8 Å². The molecule has 178 valence electrons. The highest BCUT2D eigenvalue weighted by atomic mass is 16.4. The van der Waals surface area contributed by atoms with E-state index < -0.39 is 54.5 Å². The normalized spacial score (nSPS) is 14.6. The predicted molar refractivity (Wildman–Crippen MR) is 114 cm³/mol. The lowest BCUT2D eigenvalue weighted by molar-refractivity contribution is -0.139. The average Bonchev–Trinajstić information content (AvgIpc) is 2.64. The molecule has 13 heteroatoms. The Labute approximate surface area is 181 Å². The molecule has 0 saturated carbocycles. The highest BCUT2D eigenvalue weighted by Crippen LogP contribution is 2.06. The molecule has 13 nitrogen and oxygen atoms in total. The first-order valence-corrected chi connectivity index (χ1v) is 9.94. The maximum absolute atomic E-state index is 12.7. The van der Waals surface area contributed by atoms with E-state index in [-0.39, 0.29) is 24.8 Å². The quantitative estimate of drug-likeness (QED) is 0.0769. The Hall–Kier alpha value is -2.93. The highest BCUT2D eigenvalue weighted by molar-refractivity contribution is 5.93. The number of nitrogens with zero attached hydrogens (tertiary/aromatic N) is 1. The first-order chi connectivity index (χ1) is 14.3. The number of nitrogens with one attached hydrogen (secondary N) is 3. The van der Waals surface area contributed by atoms with E-state index in [9.17, 15) is 24.3 Å². The van der Waals surface area contributed by atoms with Gasteiger partial charge >= 0.3 is 5.97 Å². The lowest BCUT2D eigenvalue weighted by Gasteiger charge is -2.25. The van der Waals surface area contributed by atoms with E-state index in [0.717, 1.165) is 0 Å². The van der Waals surface area contributed by atoms with Crippen LogP contribution in [-0.2, 0) is 19.2 Å². The SMILES string of the molecule is CC(C)CC(N)C(=O)NC(CCCN=C(N)N)C(=O)NC(C(=O)NCC(=O)O)C(C)O. The average molecular weight is 446 g/mol. The molecule has 0 aliphatic carbocycles. The summed E-state index contributed by atoms with van der Waals surface area (Å²) in [7, 11) is 0. The number of aliphatic hydroxyl groups excluding tert-OH is 1. The van der Waals surface area contributed by atoms with E-state index in [1.165, 1.54) is 6.92 Å². The van der Waals surface area contributed by atoms with Crippen LogP contribution in [0.15, 0.2) is 4.99 Å². The van der Waals surface area contributed by atoms with Crippen LogP contribution in [0.4, 0.5) is 0 Å². The van der Waals surface area contributed by atoms with Crippen LogP contribution in [0.5, 0.6) is 0 Å². The van der Waals surface area contributed by atoms with E-state index in [1.54, 1.807) is 0 Å². The second kappa shape index (κ2) is 14.1. The Balaban J connectivity index is 5.29. The Kier molecular flexibility index (Phi) is 12.8. The van der Waals surface area contributed by atoms with Crippen molar-refractivity contribution in [1.82, 2.24) is 16.0 Å². The summed E-state index contributed by atoms with van der Waals surface area (Å²) in [4.78, 5) is 51.7. The summed E-state index contributed by atoms with van der Waals surface area (Å²) in [6, 6.07) is -3.33. The molecule has 0 aromatic carbocycles. The van der Waals surface area contributed by atoms with Crippen LogP contribution in [0.2, 0.25) is 0 Å². The molecule has 4 atom stereocenters. The third-order valence-electron chi connectivity index (χ3n) is 4.12. The van der Waals surface area contributed by atoms with Crippen molar-refractivity contribution in [2.75, 3.05) is 13.1 Å². The van der Waals surface area contributed by atoms with Crippen molar-refractivity contribution in [2.45, 2.75) is 64.3 Å². The molecular weight excluding hydrogens is 410 g/mol. The van der Waals surface area contributed by atoms with Crippen molar-refractivity contribution in [2.24, 2.45) is 28.1 Å². The number of carbonyl (C=O) groups is 4. The number of guanidine groups is 1. The predicted octanol–water partition coefficient (Wildman–Crippen LogP) is -3.04. The number of carboxylic acids is 1. The van der Waals surface area contributed by atoms with E-state index in [2.05, 4.69) is 20.9 Å². The van der Waals surface area contributed by atoms with Gasteiger partial charge in [0.1, 0.15) is 18.6 Å². The first-order valence-electron chi connectivity index (χ1n) is 9.94. The summed E-state index contributed by atoms with van der Waals surface area (Å²) in [5, 5.41) is 25.5. The zero-order valence-electron chi connectivity index (χ0n) is 18.1. The van der Waals surface area contributed by atoms with Gasteiger partial charge in [0.05, 0.1) is 12.1 Å². The smallest absolute Gasteiger partial charge is 0.322 e. The van der Waals surface area contributed by atoms with Crippen LogP contribution < -0.4 is 33.2 Å². The molecule has 0 heterocycles. The molecule has 0 fully saturated rings. The fourth-order valence-electron chi connectivity index (χ4n) is 2.60. The maximum atomic E-state index is 12.7. The fourth-order valence-corrected chi connectivity index (χ4v) is 2.60. The van der Waals surface area contributed by atoms with Crippen LogP contribution in [0, 0.1) is 5.92 Å². The molecule has 0 rings (SSSR count). The molecule has 0 saturated heterocycles. The van der Waals surface area contributed by atoms with Gasteiger partial charge in [0.15, 0.2) is 5.96 Å². The molecular formula is C18H35N7O6. The minimum absolute atomic E-state index is 0.117. The Bertz CT molecular complexity index is 649. The van der Waals surface area contributed by atoms with Gasteiger partial charge in [-0.3, -0.25) is 24.2 Å². The first kappa shape index (κ1) is 28.1. The summed E-state index contributed by atoms with van der Waals surface area (Å²) >= 11 is 0. The van der Waals surface area contributed by atoms with Gasteiger partial charge in [-0.1, -0.05) is 13.8 Å². The van der Waals surface area contributed by atoms with Crippen LogP contribution in [0.1, 0.15) is 40.0 Å². The Morgan fingerprint density at radius 1 is 1.00 bits per heavy atom. The molecule has 0 aliphatic rings. The number of aliphatic imine (C=N–C) groups is 1. The fraction of sp³-hybridized carbons (Fsp3) is 0.722. The van der Waals surface area contributed by atoms with Gasteiger partial charge < -0.3 is 43.4 Å². The molecule has 0 radical (unpaired) electrons. The monoisotopic (exact) mass is 445 g/mol. The van der Waals surface area contributed by atoms with Crippen LogP contribution in [-0.4, -0.2) is 77.2 Å². The van der Waals surface area contributed by atoms with Gasteiger partial charge in [0.25, 0.3) is 0 Å². The van der Waals surface area contributed by atoms with Gasteiger partial charge in [-0.2, -0.15) is 0 Å². The molecule has 0 aromatic heterocycles. The zero-order chi connectivity index (χ0) is 24.1. The van der Waals surface area contributed by atoms with E-state index >= 15 is 0 Å². The van der Waals surface area contributed by atoms with Crippen molar-refractivity contribution >= 4 is 29.7 Å². The van der Waals surface area contributed by atoms with Crippen LogP contribution in [0.25, 0.3) is 0 Å². The number of carboxylic acid groups (broad SMARTS) is 1. The largest absolute Gasteiger partial charge is 0.480 e. The van der Waals surface area contributed by atoms with E-state index in [1.807, 2.05) is 13.8 Å². The Morgan fingerprint density at radius 2 is 1.61 bits per heavy atom. The number of aliphatic hydroxyl groups is 1. The molecule has 0 bridgehead atoms. The zero-order valence-corrected chi connectivity index (χ0v) is 18.1. The van der Waals surface area contributed by atoms with Gasteiger partial charge in [-0.15, -0.1) is 0 Å². The van der Waals surface area contributed by atoms with Gasteiger partial charge in [-0.05, 0) is 32.1 Å². The van der Waals surface area contributed by atoms with Crippen molar-refractivity contribution in [3.63, 3.8) is 0 Å². The summed E-state index contributed by atoms with van der Waals surface area (Å²) < 4.78 is 0. The van der Waals surface area contributed by atoms with Crippen molar-refractivity contribution in [3.8, 4) is 0 Å². The van der Waals surface area contributed by atoms with Crippen molar-refractivity contribution in [3.05, 3.63) is 0 Å². The highest BCUT2D eigenvalue weighted by Gasteiger charge is 2.30. The number of nitrogens with two attached hydrogens (primary N) is 3. The van der Waals surface area contributed by atoms with Crippen molar-refractivity contribution < 1.29 is 29.4 Å². The molecule has 31 heavy (non-hydrogen) atoms. The topological polar surface area (TPSA) is 235 Å². The van der Waals surface area contributed by atoms with E-state index in [4.69, 9.17) is 22.3 Å². The molecule has 0 spiro atoms. The van der Waals surface area contributed by atoms with Crippen molar-refractivity contribution in [1.29, 1.82) is 0 Å². The number of rotatable bonds is 14.